The van der Waals surface area contributed by atoms with Crippen LogP contribution in [0.5, 0.6) is 0 Å². The van der Waals surface area contributed by atoms with E-state index in [1.54, 1.807) is 0 Å². The zero-order valence-corrected chi connectivity index (χ0v) is 9.01. The van der Waals surface area contributed by atoms with Crippen molar-refractivity contribution in [3.63, 3.8) is 0 Å². The average Bonchev–Trinajstić information content (AvgIpc) is 2.41. The lowest BCUT2D eigenvalue weighted by atomic mass is 10.0. The molecule has 0 radical (unpaired) electrons. The summed E-state index contributed by atoms with van der Waals surface area (Å²) in [6.07, 6.45) is 0.247. The first kappa shape index (κ1) is 9.77. The van der Waals surface area contributed by atoms with E-state index >= 15 is 0 Å². The van der Waals surface area contributed by atoms with Crippen molar-refractivity contribution in [2.75, 3.05) is 12.4 Å². The highest BCUT2D eigenvalue weighted by Crippen LogP contribution is 2.28. The first-order valence-electron chi connectivity index (χ1n) is 4.93. The van der Waals surface area contributed by atoms with E-state index in [0.29, 0.717) is 17.2 Å². The van der Waals surface area contributed by atoms with Crippen LogP contribution in [0.15, 0.2) is 0 Å². The molecule has 2 aliphatic heterocycles. The maximum atomic E-state index is 6.00. The van der Waals surface area contributed by atoms with Gasteiger partial charge in [-0.25, -0.2) is 0 Å². The van der Waals surface area contributed by atoms with Crippen LogP contribution in [0, 0.1) is 5.92 Å². The number of thioether (sulfide) groups is 1. The molecule has 0 spiro atoms. The van der Waals surface area contributed by atoms with Crippen LogP contribution < -0.4 is 11.1 Å². The van der Waals surface area contributed by atoms with Gasteiger partial charge in [0.25, 0.3) is 0 Å². The van der Waals surface area contributed by atoms with Crippen LogP contribution in [0.2, 0.25) is 0 Å². The first-order chi connectivity index (χ1) is 6.18. The van der Waals surface area contributed by atoms with E-state index in [0.717, 1.165) is 12.4 Å². The van der Waals surface area contributed by atoms with Crippen LogP contribution in [0.1, 0.15) is 13.8 Å². The van der Waals surface area contributed by atoms with Gasteiger partial charge >= 0.3 is 0 Å². The molecule has 2 aliphatic rings. The summed E-state index contributed by atoms with van der Waals surface area (Å²) in [6.45, 7) is 5.33. The standard InChI is InChI=1S/C9H18N2OS/c1-5-3-12-9(5)11-8-6(2)13-4-7(8)10/h5-9,11H,3-4,10H2,1-2H3. The molecule has 5 atom stereocenters. The summed E-state index contributed by atoms with van der Waals surface area (Å²) >= 11 is 1.95. The van der Waals surface area contributed by atoms with E-state index in [-0.39, 0.29) is 12.3 Å². The van der Waals surface area contributed by atoms with Crippen molar-refractivity contribution in [3.8, 4) is 0 Å². The lowest BCUT2D eigenvalue weighted by molar-refractivity contribution is -0.129. The van der Waals surface area contributed by atoms with Crippen molar-refractivity contribution in [1.29, 1.82) is 0 Å². The molecule has 3 N–H and O–H groups in total. The minimum Gasteiger partial charge on any atom is -0.363 e. The van der Waals surface area contributed by atoms with Crippen molar-refractivity contribution in [1.82, 2.24) is 5.32 Å². The number of rotatable bonds is 2. The number of hydrogen-bond acceptors (Lipinski definition) is 4. The summed E-state index contributed by atoms with van der Waals surface area (Å²) in [5.74, 6) is 1.71. The highest BCUT2D eigenvalue weighted by atomic mass is 32.2. The topological polar surface area (TPSA) is 47.3 Å². The van der Waals surface area contributed by atoms with Gasteiger partial charge < -0.3 is 10.5 Å². The molecular weight excluding hydrogens is 184 g/mol. The van der Waals surface area contributed by atoms with Crippen LogP contribution >= 0.6 is 11.8 Å². The predicted octanol–water partition coefficient (Wildman–Crippen LogP) is 0.400. The molecule has 76 valence electrons. The number of nitrogens with one attached hydrogen (secondary N) is 1. The Bertz CT molecular complexity index is 180. The molecule has 0 aromatic rings. The summed E-state index contributed by atoms with van der Waals surface area (Å²) in [5, 5.41) is 4.11. The molecule has 0 aromatic carbocycles. The summed E-state index contributed by atoms with van der Waals surface area (Å²) < 4.78 is 5.43. The lowest BCUT2D eigenvalue weighted by Crippen LogP contribution is -2.58. The van der Waals surface area contributed by atoms with Crippen LogP contribution in [-0.4, -0.2) is 35.9 Å². The van der Waals surface area contributed by atoms with Gasteiger partial charge in [0.2, 0.25) is 0 Å². The summed E-state index contributed by atoms with van der Waals surface area (Å²) in [5.41, 5.74) is 6.00. The minimum atomic E-state index is 0.247. The van der Waals surface area contributed by atoms with Crippen molar-refractivity contribution in [2.45, 2.75) is 37.4 Å². The maximum Gasteiger partial charge on any atom is 0.113 e. The fraction of sp³-hybridized carbons (Fsp3) is 1.00. The molecule has 2 rings (SSSR count). The quantitative estimate of drug-likeness (QED) is 0.680. The van der Waals surface area contributed by atoms with Crippen LogP contribution in [-0.2, 0) is 4.74 Å². The van der Waals surface area contributed by atoms with Crippen LogP contribution in [0.4, 0.5) is 0 Å². The van der Waals surface area contributed by atoms with Gasteiger partial charge in [-0.3, -0.25) is 5.32 Å². The van der Waals surface area contributed by atoms with Gasteiger partial charge in [-0.15, -0.1) is 0 Å². The SMILES string of the molecule is CC1COC1NC1C(N)CSC1C. The fourth-order valence-corrected chi connectivity index (χ4v) is 3.09. The Morgan fingerprint density at radius 2 is 2.23 bits per heavy atom. The molecule has 13 heavy (non-hydrogen) atoms. The number of hydrogen-bond donors (Lipinski definition) is 2. The smallest absolute Gasteiger partial charge is 0.113 e. The molecule has 0 aliphatic carbocycles. The van der Waals surface area contributed by atoms with E-state index < -0.39 is 0 Å². The number of nitrogens with two attached hydrogens (primary N) is 1. The molecule has 4 heteroatoms. The van der Waals surface area contributed by atoms with Gasteiger partial charge in [0.1, 0.15) is 6.23 Å². The molecule has 2 saturated heterocycles. The van der Waals surface area contributed by atoms with Crippen molar-refractivity contribution < 1.29 is 4.74 Å². The summed E-state index contributed by atoms with van der Waals surface area (Å²) in [6, 6.07) is 0.717. The number of ether oxygens (including phenoxy) is 1. The summed E-state index contributed by atoms with van der Waals surface area (Å²) in [7, 11) is 0. The van der Waals surface area contributed by atoms with Gasteiger partial charge in [0.05, 0.1) is 6.61 Å². The molecular formula is C9H18N2OS. The largest absolute Gasteiger partial charge is 0.363 e. The molecule has 5 unspecified atom stereocenters. The van der Waals surface area contributed by atoms with E-state index in [1.807, 2.05) is 11.8 Å². The Labute approximate surface area is 83.8 Å². The molecule has 2 heterocycles. The van der Waals surface area contributed by atoms with Gasteiger partial charge in [0.15, 0.2) is 0 Å². The van der Waals surface area contributed by atoms with Gasteiger partial charge in [-0.1, -0.05) is 13.8 Å². The van der Waals surface area contributed by atoms with E-state index in [4.69, 9.17) is 10.5 Å². The lowest BCUT2D eigenvalue weighted by Gasteiger charge is -2.38. The Balaban J connectivity index is 1.85. The van der Waals surface area contributed by atoms with E-state index in [9.17, 15) is 0 Å². The van der Waals surface area contributed by atoms with Gasteiger partial charge in [-0.05, 0) is 0 Å². The second-order valence-corrected chi connectivity index (χ2v) is 5.54. The van der Waals surface area contributed by atoms with Crippen molar-refractivity contribution >= 4 is 11.8 Å². The minimum absolute atomic E-state index is 0.247. The molecule has 3 nitrogen and oxygen atoms in total. The zero-order chi connectivity index (χ0) is 9.42. The zero-order valence-electron chi connectivity index (χ0n) is 8.19. The Hall–Kier alpha value is 0.230. The molecule has 0 amide bonds. The highest BCUT2D eigenvalue weighted by Gasteiger charge is 2.37. The molecule has 2 fully saturated rings. The summed E-state index contributed by atoms with van der Waals surface area (Å²) in [4.78, 5) is 0. The Morgan fingerprint density at radius 3 is 2.62 bits per heavy atom. The molecule has 0 bridgehead atoms. The Morgan fingerprint density at radius 1 is 1.46 bits per heavy atom. The molecule has 0 saturated carbocycles. The fourth-order valence-electron chi connectivity index (χ4n) is 1.86. The first-order valence-corrected chi connectivity index (χ1v) is 5.98. The van der Waals surface area contributed by atoms with E-state index in [1.165, 1.54) is 0 Å². The third kappa shape index (κ3) is 1.86. The second-order valence-electron chi connectivity index (χ2n) is 4.13. The third-order valence-electron chi connectivity index (χ3n) is 2.93. The second kappa shape index (κ2) is 3.77. The normalized spacial score (nSPS) is 50.5. The van der Waals surface area contributed by atoms with Gasteiger partial charge in [0, 0.05) is 29.0 Å². The third-order valence-corrected chi connectivity index (χ3v) is 4.33. The van der Waals surface area contributed by atoms with Crippen molar-refractivity contribution in [2.24, 2.45) is 11.7 Å². The van der Waals surface area contributed by atoms with E-state index in [2.05, 4.69) is 19.2 Å². The average molecular weight is 202 g/mol. The van der Waals surface area contributed by atoms with Gasteiger partial charge in [-0.2, -0.15) is 11.8 Å². The Kier molecular flexibility index (Phi) is 2.83. The monoisotopic (exact) mass is 202 g/mol. The van der Waals surface area contributed by atoms with Crippen LogP contribution in [0.25, 0.3) is 0 Å². The predicted molar refractivity (Wildman–Crippen MR) is 55.7 cm³/mol. The highest BCUT2D eigenvalue weighted by molar-refractivity contribution is 8.00. The molecule has 0 aromatic heterocycles. The maximum absolute atomic E-state index is 6.00. The van der Waals surface area contributed by atoms with Crippen LogP contribution in [0.3, 0.4) is 0 Å². The van der Waals surface area contributed by atoms with Crippen molar-refractivity contribution in [3.05, 3.63) is 0 Å².